The molecule has 1 unspecified atom stereocenters. The molecule has 0 amide bonds. The molecule has 0 spiro atoms. The summed E-state index contributed by atoms with van der Waals surface area (Å²) in [6.07, 6.45) is 2.37. The van der Waals surface area contributed by atoms with Gasteiger partial charge in [0.25, 0.3) is 5.56 Å². The van der Waals surface area contributed by atoms with Gasteiger partial charge in [0.15, 0.2) is 0 Å². The van der Waals surface area contributed by atoms with Gasteiger partial charge in [0.1, 0.15) is 11.8 Å². The zero-order valence-corrected chi connectivity index (χ0v) is 12.5. The van der Waals surface area contributed by atoms with Gasteiger partial charge >= 0.3 is 5.97 Å². The molecule has 0 aliphatic heterocycles. The number of ether oxygens (including phenoxy) is 2. The first kappa shape index (κ1) is 15.1. The zero-order valence-electron chi connectivity index (χ0n) is 12.5. The molecule has 0 saturated carbocycles. The van der Waals surface area contributed by atoms with Crippen LogP contribution in [0, 0.1) is 0 Å². The summed E-state index contributed by atoms with van der Waals surface area (Å²) in [7, 11) is 1.58. The van der Waals surface area contributed by atoms with Crippen LogP contribution in [0.3, 0.4) is 0 Å². The molecule has 5 heteroatoms. The molecule has 0 saturated heterocycles. The number of esters is 1. The fraction of sp³-hybridized carbons (Fsp3) is 0.375. The maximum absolute atomic E-state index is 12.5. The van der Waals surface area contributed by atoms with E-state index in [0.29, 0.717) is 17.7 Å². The maximum Gasteiger partial charge on any atom is 0.328 e. The molecule has 2 aromatic rings. The number of rotatable bonds is 5. The number of pyridine rings is 1. The molecule has 0 fully saturated rings. The van der Waals surface area contributed by atoms with Crippen LogP contribution in [0.5, 0.6) is 5.75 Å². The van der Waals surface area contributed by atoms with Crippen LogP contribution in [0.2, 0.25) is 0 Å². The number of fused-ring (bicyclic) bond motifs is 1. The average Bonchev–Trinajstić information content (AvgIpc) is 2.51. The molecule has 5 nitrogen and oxygen atoms in total. The first-order chi connectivity index (χ1) is 10.1. The fourth-order valence-electron chi connectivity index (χ4n) is 2.11. The van der Waals surface area contributed by atoms with Gasteiger partial charge in [0.05, 0.1) is 13.7 Å². The van der Waals surface area contributed by atoms with Crippen molar-refractivity contribution in [3.63, 3.8) is 0 Å². The van der Waals surface area contributed by atoms with Crippen LogP contribution >= 0.6 is 0 Å². The van der Waals surface area contributed by atoms with Gasteiger partial charge in [-0.05, 0) is 43.0 Å². The van der Waals surface area contributed by atoms with E-state index in [9.17, 15) is 9.59 Å². The Kier molecular flexibility index (Phi) is 4.62. The number of hydrogen-bond acceptors (Lipinski definition) is 4. The van der Waals surface area contributed by atoms with Crippen molar-refractivity contribution in [1.82, 2.24) is 4.57 Å². The van der Waals surface area contributed by atoms with Gasteiger partial charge in [0, 0.05) is 11.6 Å². The highest BCUT2D eigenvalue weighted by Gasteiger charge is 2.18. The normalized spacial score (nSPS) is 12.1. The Morgan fingerprint density at radius 1 is 1.33 bits per heavy atom. The number of hydrogen-bond donors (Lipinski definition) is 0. The van der Waals surface area contributed by atoms with Crippen LogP contribution in [-0.2, 0) is 9.53 Å². The van der Waals surface area contributed by atoms with E-state index in [1.807, 2.05) is 6.92 Å². The minimum atomic E-state index is -0.643. The van der Waals surface area contributed by atoms with E-state index in [1.54, 1.807) is 44.5 Å². The Hall–Kier alpha value is -2.30. The van der Waals surface area contributed by atoms with Gasteiger partial charge in [-0.1, -0.05) is 6.92 Å². The number of benzene rings is 1. The van der Waals surface area contributed by atoms with Crippen molar-refractivity contribution in [2.75, 3.05) is 13.7 Å². The summed E-state index contributed by atoms with van der Waals surface area (Å²) in [6.45, 7) is 3.95. The monoisotopic (exact) mass is 289 g/mol. The Morgan fingerprint density at radius 3 is 2.76 bits per heavy atom. The molecule has 1 heterocycles. The van der Waals surface area contributed by atoms with Gasteiger partial charge < -0.3 is 14.0 Å². The van der Waals surface area contributed by atoms with Crippen LogP contribution in [0.25, 0.3) is 10.8 Å². The highest BCUT2D eigenvalue weighted by molar-refractivity contribution is 5.83. The lowest BCUT2D eigenvalue weighted by Crippen LogP contribution is -2.29. The summed E-state index contributed by atoms with van der Waals surface area (Å²) >= 11 is 0. The van der Waals surface area contributed by atoms with Crippen LogP contribution < -0.4 is 10.3 Å². The van der Waals surface area contributed by atoms with Gasteiger partial charge in [-0.25, -0.2) is 4.79 Å². The molecule has 21 heavy (non-hydrogen) atoms. The first-order valence-electron chi connectivity index (χ1n) is 6.94. The molecule has 0 N–H and O–H groups in total. The Labute approximate surface area is 123 Å². The van der Waals surface area contributed by atoms with E-state index < -0.39 is 12.0 Å². The average molecular weight is 289 g/mol. The van der Waals surface area contributed by atoms with Gasteiger partial charge in [-0.15, -0.1) is 0 Å². The summed E-state index contributed by atoms with van der Waals surface area (Å²) in [6, 6.07) is 6.38. The first-order valence-corrected chi connectivity index (χ1v) is 6.94. The number of carbonyl (C=O) groups is 1. The van der Waals surface area contributed by atoms with Gasteiger partial charge in [0.2, 0.25) is 0 Å². The molecule has 0 radical (unpaired) electrons. The van der Waals surface area contributed by atoms with E-state index in [1.165, 1.54) is 4.57 Å². The third-order valence-electron chi connectivity index (χ3n) is 3.35. The van der Waals surface area contributed by atoms with Crippen molar-refractivity contribution in [3.8, 4) is 5.75 Å². The number of aromatic nitrogens is 1. The minimum Gasteiger partial charge on any atom is -0.497 e. The topological polar surface area (TPSA) is 57.5 Å². The highest BCUT2D eigenvalue weighted by atomic mass is 16.5. The molecule has 112 valence electrons. The molecule has 1 aromatic carbocycles. The quantitative estimate of drug-likeness (QED) is 0.794. The van der Waals surface area contributed by atoms with Crippen molar-refractivity contribution >= 4 is 16.7 Å². The van der Waals surface area contributed by atoms with E-state index in [-0.39, 0.29) is 5.56 Å². The van der Waals surface area contributed by atoms with Crippen molar-refractivity contribution in [1.29, 1.82) is 0 Å². The molecule has 0 aliphatic carbocycles. The largest absolute Gasteiger partial charge is 0.497 e. The SMILES string of the molecule is CCCOC(=O)C(C)n1ccc2cc(OC)ccc2c1=O. The van der Waals surface area contributed by atoms with Gasteiger partial charge in [-0.3, -0.25) is 4.79 Å². The summed E-state index contributed by atoms with van der Waals surface area (Å²) < 4.78 is 11.6. The molecular weight excluding hydrogens is 270 g/mol. The van der Waals surface area contributed by atoms with E-state index in [0.717, 1.165) is 11.8 Å². The molecule has 1 atom stereocenters. The third kappa shape index (κ3) is 3.07. The van der Waals surface area contributed by atoms with Gasteiger partial charge in [-0.2, -0.15) is 0 Å². The fourth-order valence-corrected chi connectivity index (χ4v) is 2.11. The van der Waals surface area contributed by atoms with E-state index >= 15 is 0 Å². The zero-order chi connectivity index (χ0) is 15.4. The number of carbonyl (C=O) groups excluding carboxylic acids is 1. The summed E-state index contributed by atoms with van der Waals surface area (Å²) in [4.78, 5) is 24.4. The van der Waals surface area contributed by atoms with E-state index in [4.69, 9.17) is 9.47 Å². The highest BCUT2D eigenvalue weighted by Crippen LogP contribution is 2.19. The molecular formula is C16H19NO4. The lowest BCUT2D eigenvalue weighted by Gasteiger charge is -2.15. The minimum absolute atomic E-state index is 0.212. The molecule has 0 aliphatic rings. The van der Waals surface area contributed by atoms with Crippen LogP contribution in [0.15, 0.2) is 35.3 Å². The number of nitrogens with zero attached hydrogens (tertiary/aromatic N) is 1. The molecule has 0 bridgehead atoms. The third-order valence-corrected chi connectivity index (χ3v) is 3.35. The molecule has 2 rings (SSSR count). The summed E-state index contributed by atoms with van der Waals surface area (Å²) in [5.41, 5.74) is -0.212. The molecule has 1 aromatic heterocycles. The Bertz CT molecular complexity index is 705. The maximum atomic E-state index is 12.5. The van der Waals surface area contributed by atoms with E-state index in [2.05, 4.69) is 0 Å². The predicted molar refractivity (Wildman–Crippen MR) is 80.7 cm³/mol. The summed E-state index contributed by atoms with van der Waals surface area (Å²) in [5, 5.41) is 1.33. The summed E-state index contributed by atoms with van der Waals surface area (Å²) in [5.74, 6) is 0.293. The second kappa shape index (κ2) is 6.43. The Balaban J connectivity index is 2.40. The smallest absolute Gasteiger partial charge is 0.328 e. The Morgan fingerprint density at radius 2 is 2.10 bits per heavy atom. The van der Waals surface area contributed by atoms with Crippen molar-refractivity contribution in [3.05, 3.63) is 40.8 Å². The standard InChI is InChI=1S/C16H19NO4/c1-4-9-21-16(19)11(2)17-8-7-12-10-13(20-3)5-6-14(12)15(17)18/h5-8,10-11H,4,9H2,1-3H3. The van der Waals surface area contributed by atoms with Crippen LogP contribution in [0.4, 0.5) is 0 Å². The van der Waals surface area contributed by atoms with Crippen LogP contribution in [0.1, 0.15) is 26.3 Å². The predicted octanol–water partition coefficient (Wildman–Crippen LogP) is 2.52. The van der Waals surface area contributed by atoms with Crippen molar-refractivity contribution in [2.24, 2.45) is 0 Å². The van der Waals surface area contributed by atoms with Crippen molar-refractivity contribution in [2.45, 2.75) is 26.3 Å². The van der Waals surface area contributed by atoms with Crippen LogP contribution in [-0.4, -0.2) is 24.3 Å². The lowest BCUT2D eigenvalue weighted by atomic mass is 10.1. The number of methoxy groups -OCH3 is 1. The second-order valence-corrected chi connectivity index (χ2v) is 4.82. The lowest BCUT2D eigenvalue weighted by molar-refractivity contribution is -0.147. The second-order valence-electron chi connectivity index (χ2n) is 4.82. The van der Waals surface area contributed by atoms with Crippen molar-refractivity contribution < 1.29 is 14.3 Å².